The second kappa shape index (κ2) is 6.53. The smallest absolute Gasteiger partial charge is 0.282 e. The van der Waals surface area contributed by atoms with Gasteiger partial charge in [0, 0.05) is 50.0 Å². The normalized spacial score (nSPS) is 11.9. The summed E-state index contributed by atoms with van der Waals surface area (Å²) in [4.78, 5) is 3.59. The number of rotatable bonds is 3. The minimum absolute atomic E-state index is 0. The molecule has 109 valence electrons. The average Bonchev–Trinajstić information content (AvgIpc) is 2.39. The van der Waals surface area contributed by atoms with Gasteiger partial charge in [-0.3, -0.25) is 4.98 Å². The van der Waals surface area contributed by atoms with E-state index < -0.39 is 28.7 Å². The van der Waals surface area contributed by atoms with E-state index in [1.807, 2.05) is 0 Å². The maximum absolute atomic E-state index is 14.6. The van der Waals surface area contributed by atoms with Crippen LogP contribution in [0.25, 0.3) is 0 Å². The second-order valence-electron chi connectivity index (χ2n) is 4.97. The summed E-state index contributed by atoms with van der Waals surface area (Å²) in [5.41, 5.74) is -2.62. The van der Waals surface area contributed by atoms with Crippen molar-refractivity contribution < 1.29 is 50.3 Å². The maximum Gasteiger partial charge on any atom is 0.282 e. The molecule has 6 heteroatoms. The molecule has 2 rings (SSSR count). The molecule has 0 bridgehead atoms. The van der Waals surface area contributed by atoms with Crippen LogP contribution in [0.15, 0.2) is 36.5 Å². The van der Waals surface area contributed by atoms with E-state index in [-0.39, 0.29) is 38.3 Å². The molecule has 0 atom stereocenters. The van der Waals surface area contributed by atoms with Gasteiger partial charge in [0.25, 0.3) is 5.92 Å². The van der Waals surface area contributed by atoms with Crippen molar-refractivity contribution in [3.05, 3.63) is 65.5 Å². The first-order valence-electron chi connectivity index (χ1n) is 5.93. The van der Waals surface area contributed by atoms with Crippen molar-refractivity contribution in [1.82, 2.24) is 4.98 Å². The summed E-state index contributed by atoms with van der Waals surface area (Å²) >= 11 is 0. The first-order chi connectivity index (χ1) is 9.26. The number of hydrogen-bond donors (Lipinski definition) is 0. The summed E-state index contributed by atoms with van der Waals surface area (Å²) in [5, 5.41) is 0. The van der Waals surface area contributed by atoms with Crippen LogP contribution >= 0.6 is 0 Å². The van der Waals surface area contributed by atoms with Crippen LogP contribution in [-0.4, -0.2) is 4.98 Å². The third kappa shape index (κ3) is 3.34. The number of alkyl halides is 2. The number of nitrogens with zero attached hydrogens (tertiary/aromatic N) is 1. The summed E-state index contributed by atoms with van der Waals surface area (Å²) in [7, 11) is 0. The van der Waals surface area contributed by atoms with E-state index in [0.29, 0.717) is 6.07 Å². The average molecular weight is 371 g/mol. The van der Waals surface area contributed by atoms with Crippen LogP contribution in [0.5, 0.6) is 0 Å². The quantitative estimate of drug-likeness (QED) is 0.582. The largest absolute Gasteiger partial charge is 0.294 e. The first kappa shape index (κ1) is 18.2. The molecule has 0 amide bonds. The van der Waals surface area contributed by atoms with E-state index >= 15 is 0 Å². The molecule has 0 saturated carbocycles. The van der Waals surface area contributed by atoms with Crippen molar-refractivity contribution in [2.75, 3.05) is 0 Å². The molecule has 0 aliphatic rings. The Hall–Kier alpha value is -0.806. The Labute approximate surface area is 145 Å². The van der Waals surface area contributed by atoms with Gasteiger partial charge in [-0.2, -0.15) is 6.07 Å². The van der Waals surface area contributed by atoms with Crippen LogP contribution in [0.3, 0.4) is 0 Å². The Morgan fingerprint density at radius 3 is 2.29 bits per heavy atom. The van der Waals surface area contributed by atoms with Crippen molar-refractivity contribution >= 4 is 0 Å². The van der Waals surface area contributed by atoms with Crippen LogP contribution in [0.1, 0.15) is 25.1 Å². The van der Waals surface area contributed by atoms with Crippen molar-refractivity contribution in [2.24, 2.45) is 0 Å². The van der Waals surface area contributed by atoms with Crippen molar-refractivity contribution in [3.8, 4) is 0 Å². The number of hydrogen-bond acceptors (Lipinski definition) is 1. The van der Waals surface area contributed by atoms with Crippen LogP contribution in [0.2, 0.25) is 0 Å². The van der Waals surface area contributed by atoms with Gasteiger partial charge in [-0.15, -0.1) is 0 Å². The second-order valence-corrected chi connectivity index (χ2v) is 4.97. The van der Waals surface area contributed by atoms with Gasteiger partial charge in [-0.25, -0.2) is 29.7 Å². The Bertz CT molecular complexity index is 614. The first-order valence-corrected chi connectivity index (χ1v) is 5.93. The molecule has 1 aromatic carbocycles. The van der Waals surface area contributed by atoms with Crippen LogP contribution in [0, 0.1) is 17.7 Å². The van der Waals surface area contributed by atoms with E-state index in [2.05, 4.69) is 11.1 Å². The number of aromatic nitrogens is 1. The predicted molar refractivity (Wildman–Crippen MR) is 66.4 cm³/mol. The molecule has 0 unspecified atom stereocenters. The Morgan fingerprint density at radius 1 is 1.10 bits per heavy atom. The summed E-state index contributed by atoms with van der Waals surface area (Å²) in [6.45, 7) is 2.39. The van der Waals surface area contributed by atoms with Gasteiger partial charge in [-0.1, -0.05) is 12.3 Å². The molecule has 1 radical (unpaired) electrons. The van der Waals surface area contributed by atoms with Crippen LogP contribution in [0.4, 0.5) is 17.6 Å². The topological polar surface area (TPSA) is 12.9 Å². The van der Waals surface area contributed by atoms with E-state index in [1.54, 1.807) is 0 Å². The van der Waals surface area contributed by atoms with Crippen molar-refractivity contribution in [2.45, 2.75) is 25.2 Å². The molecule has 1 nitrogen and oxygen atoms in total. The molecule has 1 heterocycles. The zero-order valence-electron chi connectivity index (χ0n) is 11.5. The Morgan fingerprint density at radius 2 is 1.76 bits per heavy atom. The van der Waals surface area contributed by atoms with Gasteiger partial charge in [-0.05, 0) is 19.9 Å². The van der Waals surface area contributed by atoms with E-state index in [1.165, 1.54) is 19.9 Å². The standard InChI is InChI=1S/C15H12F4N.Y/c1-14(2,11-7-6-10(16)9-12(11)17)15(18,19)13-5-3-4-8-20-13;/h3,5-9H,1-2H3;/q-1;. The fourth-order valence-electron chi connectivity index (χ4n) is 1.99. The third-order valence-corrected chi connectivity index (χ3v) is 3.33. The van der Waals surface area contributed by atoms with Gasteiger partial charge in [0.15, 0.2) is 0 Å². The molecule has 21 heavy (non-hydrogen) atoms. The minimum Gasteiger partial charge on any atom is -0.294 e. The third-order valence-electron chi connectivity index (χ3n) is 3.33. The Kier molecular flexibility index (Phi) is 5.67. The summed E-state index contributed by atoms with van der Waals surface area (Å²) < 4.78 is 55.8. The minimum atomic E-state index is -3.42. The van der Waals surface area contributed by atoms with Gasteiger partial charge in [0.05, 0.1) is 5.41 Å². The molecule has 0 spiro atoms. The number of halogens is 4. The van der Waals surface area contributed by atoms with Gasteiger partial charge < -0.3 is 0 Å². The predicted octanol–water partition coefficient (Wildman–Crippen LogP) is 4.23. The zero-order valence-corrected chi connectivity index (χ0v) is 14.3. The van der Waals surface area contributed by atoms with Gasteiger partial charge in [0.1, 0.15) is 11.6 Å². The SMILES string of the molecule is CC(C)(c1ccc(F)cc1F)C(F)(F)c1cc[c-]cn1.[Y]. The molecule has 0 N–H and O–H groups in total. The molecule has 2 aromatic rings. The fraction of sp³-hybridized carbons (Fsp3) is 0.267. The summed E-state index contributed by atoms with van der Waals surface area (Å²) in [5.74, 6) is -5.23. The summed E-state index contributed by atoms with van der Waals surface area (Å²) in [6, 6.07) is 7.58. The van der Waals surface area contributed by atoms with Gasteiger partial charge >= 0.3 is 0 Å². The molecular weight excluding hydrogens is 359 g/mol. The molecule has 0 saturated heterocycles. The van der Waals surface area contributed by atoms with Crippen LogP contribution < -0.4 is 0 Å². The van der Waals surface area contributed by atoms with Crippen molar-refractivity contribution in [3.63, 3.8) is 0 Å². The molecule has 0 aliphatic heterocycles. The van der Waals surface area contributed by atoms with Crippen molar-refractivity contribution in [1.29, 1.82) is 0 Å². The number of pyridine rings is 1. The maximum atomic E-state index is 14.6. The molecule has 0 fully saturated rings. The zero-order chi connectivity index (χ0) is 15.0. The van der Waals surface area contributed by atoms with E-state index in [9.17, 15) is 17.6 Å². The molecular formula is C15H12F4NY-. The summed E-state index contributed by atoms with van der Waals surface area (Å²) in [6.07, 6.45) is 1.13. The monoisotopic (exact) mass is 371 g/mol. The van der Waals surface area contributed by atoms with E-state index in [4.69, 9.17) is 0 Å². The number of benzene rings is 1. The fourth-order valence-corrected chi connectivity index (χ4v) is 1.99. The van der Waals surface area contributed by atoms with Gasteiger partial charge in [0.2, 0.25) is 0 Å². The van der Waals surface area contributed by atoms with Crippen LogP contribution in [-0.2, 0) is 44.0 Å². The molecule has 0 aliphatic carbocycles. The van der Waals surface area contributed by atoms with E-state index in [0.717, 1.165) is 24.4 Å². The molecule has 1 aromatic heterocycles. The Balaban J connectivity index is 0.00000220.